The number of hydrogen-bond acceptors (Lipinski definition) is 4. The van der Waals surface area contributed by atoms with Crippen LogP contribution in [0.25, 0.3) is 0 Å². The Kier molecular flexibility index (Phi) is 2.85. The summed E-state index contributed by atoms with van der Waals surface area (Å²) in [6, 6.07) is 5.87. The van der Waals surface area contributed by atoms with Crippen LogP contribution < -0.4 is 5.32 Å². The third-order valence-electron chi connectivity index (χ3n) is 5.53. The van der Waals surface area contributed by atoms with E-state index in [-0.39, 0.29) is 29.6 Å². The minimum absolute atomic E-state index is 0.00172. The summed E-state index contributed by atoms with van der Waals surface area (Å²) < 4.78 is 5.26. The first-order valence-electron chi connectivity index (χ1n) is 7.74. The van der Waals surface area contributed by atoms with Gasteiger partial charge in [0.2, 0.25) is 5.91 Å². The number of amides is 1. The molecule has 2 bridgehead atoms. The summed E-state index contributed by atoms with van der Waals surface area (Å²) in [5, 5.41) is 13.2. The number of hydrogen-bond donors (Lipinski definition) is 2. The topological polar surface area (TPSA) is 75.6 Å². The number of nitrogens with one attached hydrogen (secondary N) is 1. The third-order valence-corrected chi connectivity index (χ3v) is 5.53. The summed E-state index contributed by atoms with van der Waals surface area (Å²) in [7, 11) is 0. The highest BCUT2D eigenvalue weighted by Gasteiger charge is 2.68. The molecule has 6 unspecified atom stereocenters. The standard InChI is InChI=1S/C17H19NO4/c1-7-3-4-8(2)11(5-7)18-16(20)12-9-6-10-13(12)17(21)22-15(10)14(9)19/h3-5,9-10,12-15,19H,6H2,1-2H3,(H,18,20). The second kappa shape index (κ2) is 4.56. The van der Waals surface area contributed by atoms with E-state index in [9.17, 15) is 14.7 Å². The van der Waals surface area contributed by atoms with E-state index in [4.69, 9.17) is 4.74 Å². The Hall–Kier alpha value is -1.88. The molecule has 1 heterocycles. The Labute approximate surface area is 128 Å². The fraction of sp³-hybridized carbons (Fsp3) is 0.529. The predicted octanol–water partition coefficient (Wildman–Crippen LogP) is 1.41. The third kappa shape index (κ3) is 1.75. The van der Waals surface area contributed by atoms with E-state index in [2.05, 4.69) is 5.32 Å². The molecule has 4 rings (SSSR count). The van der Waals surface area contributed by atoms with Crippen molar-refractivity contribution in [2.24, 2.45) is 23.7 Å². The maximum atomic E-state index is 12.7. The van der Waals surface area contributed by atoms with Crippen LogP contribution in [-0.2, 0) is 14.3 Å². The summed E-state index contributed by atoms with van der Waals surface area (Å²) in [6.45, 7) is 3.90. The van der Waals surface area contributed by atoms with Gasteiger partial charge >= 0.3 is 5.97 Å². The number of anilines is 1. The number of benzene rings is 1. The minimum atomic E-state index is -0.706. The van der Waals surface area contributed by atoms with Crippen molar-refractivity contribution in [3.05, 3.63) is 29.3 Å². The number of aliphatic hydroxyl groups is 1. The Morgan fingerprint density at radius 2 is 2.09 bits per heavy atom. The number of aliphatic hydroxyl groups excluding tert-OH is 1. The van der Waals surface area contributed by atoms with Crippen LogP contribution in [0.3, 0.4) is 0 Å². The maximum absolute atomic E-state index is 12.7. The summed E-state index contributed by atoms with van der Waals surface area (Å²) in [4.78, 5) is 24.7. The van der Waals surface area contributed by atoms with Crippen LogP contribution >= 0.6 is 0 Å². The van der Waals surface area contributed by atoms with Crippen molar-refractivity contribution in [2.45, 2.75) is 32.5 Å². The normalized spacial score (nSPS) is 38.2. The molecule has 0 aromatic heterocycles. The van der Waals surface area contributed by atoms with Gasteiger partial charge in [-0.1, -0.05) is 12.1 Å². The Morgan fingerprint density at radius 1 is 1.32 bits per heavy atom. The highest BCUT2D eigenvalue weighted by molar-refractivity contribution is 5.97. The van der Waals surface area contributed by atoms with Crippen molar-refractivity contribution >= 4 is 17.6 Å². The first kappa shape index (κ1) is 13.8. The van der Waals surface area contributed by atoms with E-state index in [1.165, 1.54) is 0 Å². The van der Waals surface area contributed by atoms with Crippen molar-refractivity contribution < 1.29 is 19.4 Å². The molecule has 2 aliphatic carbocycles. The minimum Gasteiger partial charge on any atom is -0.459 e. The van der Waals surface area contributed by atoms with Gasteiger partial charge in [-0.05, 0) is 37.5 Å². The molecule has 116 valence electrons. The fourth-order valence-corrected chi connectivity index (χ4v) is 4.46. The Balaban J connectivity index is 1.61. The lowest BCUT2D eigenvalue weighted by molar-refractivity contribution is -0.146. The summed E-state index contributed by atoms with van der Waals surface area (Å²) in [5.74, 6) is -1.54. The van der Waals surface area contributed by atoms with Crippen LogP contribution in [0.4, 0.5) is 5.69 Å². The molecule has 6 atom stereocenters. The van der Waals surface area contributed by atoms with E-state index in [1.807, 2.05) is 32.0 Å². The molecular weight excluding hydrogens is 282 g/mol. The molecule has 0 radical (unpaired) electrons. The van der Waals surface area contributed by atoms with Crippen LogP contribution in [-0.4, -0.2) is 29.2 Å². The molecule has 3 aliphatic rings. The molecule has 1 amide bonds. The van der Waals surface area contributed by atoms with Crippen molar-refractivity contribution in [2.75, 3.05) is 5.32 Å². The van der Waals surface area contributed by atoms with E-state index in [1.54, 1.807) is 0 Å². The summed E-state index contributed by atoms with van der Waals surface area (Å²) in [5.41, 5.74) is 2.81. The van der Waals surface area contributed by atoms with Crippen molar-refractivity contribution in [1.82, 2.24) is 0 Å². The number of ether oxygens (including phenoxy) is 1. The van der Waals surface area contributed by atoms with Crippen LogP contribution in [0, 0.1) is 37.5 Å². The Bertz CT molecular complexity index is 671. The van der Waals surface area contributed by atoms with Crippen LogP contribution in [0.5, 0.6) is 0 Å². The molecule has 1 aromatic carbocycles. The second-order valence-electron chi connectivity index (χ2n) is 6.81. The number of esters is 1. The van der Waals surface area contributed by atoms with E-state index < -0.39 is 18.1 Å². The van der Waals surface area contributed by atoms with Gasteiger partial charge < -0.3 is 15.2 Å². The molecule has 0 spiro atoms. The van der Waals surface area contributed by atoms with Gasteiger partial charge in [0.25, 0.3) is 0 Å². The smallest absolute Gasteiger partial charge is 0.310 e. The van der Waals surface area contributed by atoms with Gasteiger partial charge in [-0.3, -0.25) is 9.59 Å². The van der Waals surface area contributed by atoms with Gasteiger partial charge in [0.05, 0.1) is 17.9 Å². The zero-order valence-corrected chi connectivity index (χ0v) is 12.6. The number of carbonyl (C=O) groups excluding carboxylic acids is 2. The predicted molar refractivity (Wildman–Crippen MR) is 79.0 cm³/mol. The van der Waals surface area contributed by atoms with E-state index >= 15 is 0 Å². The molecule has 5 nitrogen and oxygen atoms in total. The average Bonchev–Trinajstić information content (AvgIpc) is 3.07. The molecule has 5 heteroatoms. The average molecular weight is 301 g/mol. The van der Waals surface area contributed by atoms with Gasteiger partial charge in [-0.15, -0.1) is 0 Å². The SMILES string of the molecule is Cc1ccc(C)c(NC(=O)C2C3CC4C(OC(=O)C42)C3O)c1. The number of rotatable bonds is 2. The molecule has 2 saturated carbocycles. The summed E-state index contributed by atoms with van der Waals surface area (Å²) in [6.07, 6.45) is -0.401. The molecular formula is C17H19NO4. The lowest BCUT2D eigenvalue weighted by Crippen LogP contribution is -2.42. The highest BCUT2D eigenvalue weighted by Crippen LogP contribution is 2.57. The lowest BCUT2D eigenvalue weighted by Gasteiger charge is -2.27. The second-order valence-corrected chi connectivity index (χ2v) is 6.81. The summed E-state index contributed by atoms with van der Waals surface area (Å²) >= 11 is 0. The van der Waals surface area contributed by atoms with Crippen molar-refractivity contribution in [3.8, 4) is 0 Å². The van der Waals surface area contributed by atoms with Gasteiger partial charge in [0, 0.05) is 17.5 Å². The quantitative estimate of drug-likeness (QED) is 0.810. The molecule has 1 aliphatic heterocycles. The molecule has 3 fully saturated rings. The van der Waals surface area contributed by atoms with Gasteiger partial charge in [-0.25, -0.2) is 0 Å². The van der Waals surface area contributed by atoms with Gasteiger partial charge in [0.15, 0.2) is 0 Å². The molecule has 1 saturated heterocycles. The van der Waals surface area contributed by atoms with E-state index in [0.29, 0.717) is 6.42 Å². The number of carbonyl (C=O) groups is 2. The number of fused-ring (bicyclic) bond motifs is 1. The van der Waals surface area contributed by atoms with Crippen molar-refractivity contribution in [3.63, 3.8) is 0 Å². The Morgan fingerprint density at radius 3 is 2.86 bits per heavy atom. The van der Waals surface area contributed by atoms with Crippen LogP contribution in [0.2, 0.25) is 0 Å². The molecule has 2 N–H and O–H groups in total. The largest absolute Gasteiger partial charge is 0.459 e. The molecule has 1 aromatic rings. The number of aryl methyl sites for hydroxylation is 2. The van der Waals surface area contributed by atoms with Crippen molar-refractivity contribution in [1.29, 1.82) is 0 Å². The first-order chi connectivity index (χ1) is 10.5. The monoisotopic (exact) mass is 301 g/mol. The zero-order chi connectivity index (χ0) is 15.6. The zero-order valence-electron chi connectivity index (χ0n) is 12.6. The molecule has 22 heavy (non-hydrogen) atoms. The van der Waals surface area contributed by atoms with Crippen LogP contribution in [0.15, 0.2) is 18.2 Å². The lowest BCUT2D eigenvalue weighted by atomic mass is 9.78. The highest BCUT2D eigenvalue weighted by atomic mass is 16.6. The maximum Gasteiger partial charge on any atom is 0.310 e. The van der Waals surface area contributed by atoms with Crippen LogP contribution in [0.1, 0.15) is 17.5 Å². The van der Waals surface area contributed by atoms with E-state index in [0.717, 1.165) is 16.8 Å². The first-order valence-corrected chi connectivity index (χ1v) is 7.74. The van der Waals surface area contributed by atoms with Gasteiger partial charge in [-0.2, -0.15) is 0 Å². The fourth-order valence-electron chi connectivity index (χ4n) is 4.46. The van der Waals surface area contributed by atoms with Gasteiger partial charge in [0.1, 0.15) is 6.10 Å².